The molecule has 0 atom stereocenters. The third kappa shape index (κ3) is 1.89. The average Bonchev–Trinajstić information content (AvgIpc) is 2.68. The van der Waals surface area contributed by atoms with Gasteiger partial charge in [-0.05, 0) is 17.7 Å². The molecule has 1 amide bonds. The maximum atomic E-state index is 11.4. The van der Waals surface area contributed by atoms with Crippen LogP contribution >= 0.6 is 0 Å². The van der Waals surface area contributed by atoms with Crippen LogP contribution in [-0.2, 0) is 16.1 Å². The molecule has 16 heavy (non-hydrogen) atoms. The van der Waals surface area contributed by atoms with Gasteiger partial charge in [-0.1, -0.05) is 12.0 Å². The van der Waals surface area contributed by atoms with Crippen LogP contribution in [0, 0.1) is 11.8 Å². The summed E-state index contributed by atoms with van der Waals surface area (Å²) in [6, 6.07) is 5.27. The molecule has 80 valence electrons. The van der Waals surface area contributed by atoms with Gasteiger partial charge >= 0.3 is 5.97 Å². The maximum absolute atomic E-state index is 11.4. The topological polar surface area (TPSA) is 55.4 Å². The minimum Gasteiger partial charge on any atom is -0.459 e. The van der Waals surface area contributed by atoms with E-state index in [0.29, 0.717) is 17.7 Å². The van der Waals surface area contributed by atoms with E-state index in [9.17, 15) is 9.59 Å². The van der Waals surface area contributed by atoms with Gasteiger partial charge in [0.15, 0.2) is 0 Å². The Balaban J connectivity index is 2.30. The van der Waals surface area contributed by atoms with Gasteiger partial charge in [0.25, 0.3) is 5.91 Å². The predicted molar refractivity (Wildman–Crippen MR) is 56.5 cm³/mol. The van der Waals surface area contributed by atoms with Crippen molar-refractivity contribution < 1.29 is 14.3 Å². The van der Waals surface area contributed by atoms with Crippen LogP contribution in [0.2, 0.25) is 0 Å². The smallest absolute Gasteiger partial charge is 0.384 e. The second-order valence-corrected chi connectivity index (χ2v) is 3.30. The van der Waals surface area contributed by atoms with E-state index < -0.39 is 5.97 Å². The molecule has 0 unspecified atom stereocenters. The Morgan fingerprint density at radius 2 is 2.31 bits per heavy atom. The van der Waals surface area contributed by atoms with Gasteiger partial charge in [-0.2, -0.15) is 0 Å². The lowest BCUT2D eigenvalue weighted by Crippen LogP contribution is -2.12. The van der Waals surface area contributed by atoms with E-state index in [1.807, 2.05) is 6.07 Å². The molecule has 2 rings (SSSR count). The molecule has 0 aliphatic carbocycles. The summed E-state index contributed by atoms with van der Waals surface area (Å²) in [6.45, 7) is 0.554. The van der Waals surface area contributed by atoms with E-state index >= 15 is 0 Å². The van der Waals surface area contributed by atoms with Crippen molar-refractivity contribution in [1.82, 2.24) is 5.32 Å². The second kappa shape index (κ2) is 4.07. The van der Waals surface area contributed by atoms with Gasteiger partial charge in [-0.15, -0.1) is 0 Å². The van der Waals surface area contributed by atoms with Gasteiger partial charge in [-0.3, -0.25) is 4.79 Å². The molecule has 4 heteroatoms. The molecule has 0 fully saturated rings. The zero-order valence-electron chi connectivity index (χ0n) is 8.66. The minimum absolute atomic E-state index is 0.100. The minimum atomic E-state index is -0.593. The van der Waals surface area contributed by atoms with Crippen molar-refractivity contribution in [3.05, 3.63) is 34.9 Å². The van der Waals surface area contributed by atoms with E-state index in [-0.39, 0.29) is 5.91 Å². The second-order valence-electron chi connectivity index (χ2n) is 3.30. The first-order valence-electron chi connectivity index (χ1n) is 4.72. The highest BCUT2D eigenvalue weighted by molar-refractivity contribution is 5.98. The summed E-state index contributed by atoms with van der Waals surface area (Å²) in [5.41, 5.74) is 2.20. The van der Waals surface area contributed by atoms with E-state index in [4.69, 9.17) is 0 Å². The highest BCUT2D eigenvalue weighted by atomic mass is 16.5. The van der Waals surface area contributed by atoms with E-state index in [2.05, 4.69) is 21.9 Å². The van der Waals surface area contributed by atoms with Crippen molar-refractivity contribution in [2.45, 2.75) is 6.54 Å². The van der Waals surface area contributed by atoms with E-state index in [0.717, 1.165) is 5.56 Å². The number of ether oxygens (including phenoxy) is 1. The quantitative estimate of drug-likeness (QED) is 0.505. The number of esters is 1. The highest BCUT2D eigenvalue weighted by Crippen LogP contribution is 2.16. The summed E-state index contributed by atoms with van der Waals surface area (Å²) >= 11 is 0. The van der Waals surface area contributed by atoms with E-state index in [1.54, 1.807) is 12.1 Å². The number of fused-ring (bicyclic) bond motifs is 1. The van der Waals surface area contributed by atoms with Gasteiger partial charge in [0.1, 0.15) is 0 Å². The molecule has 0 aromatic heterocycles. The summed E-state index contributed by atoms with van der Waals surface area (Å²) in [4.78, 5) is 22.2. The number of methoxy groups -OCH3 is 1. The Morgan fingerprint density at radius 3 is 3.06 bits per heavy atom. The zero-order chi connectivity index (χ0) is 11.5. The van der Waals surface area contributed by atoms with Crippen LogP contribution in [0.1, 0.15) is 21.5 Å². The number of hydrogen-bond donors (Lipinski definition) is 1. The molecule has 4 nitrogen and oxygen atoms in total. The summed E-state index contributed by atoms with van der Waals surface area (Å²) < 4.78 is 4.39. The maximum Gasteiger partial charge on any atom is 0.384 e. The van der Waals surface area contributed by atoms with Crippen molar-refractivity contribution in [3.8, 4) is 11.8 Å². The van der Waals surface area contributed by atoms with Crippen molar-refractivity contribution in [2.75, 3.05) is 7.11 Å². The highest BCUT2D eigenvalue weighted by Gasteiger charge is 2.18. The molecular formula is C12H9NO3. The molecule has 1 aromatic rings. The molecule has 0 spiro atoms. The molecule has 1 aliphatic rings. The Kier molecular flexibility index (Phi) is 2.61. The SMILES string of the molecule is COC(=O)C#Cc1ccc2c(c1)C(=O)NC2. The fourth-order valence-corrected chi connectivity index (χ4v) is 1.46. The first-order valence-corrected chi connectivity index (χ1v) is 4.72. The third-order valence-electron chi connectivity index (χ3n) is 2.29. The molecule has 0 saturated carbocycles. The third-order valence-corrected chi connectivity index (χ3v) is 2.29. The number of benzene rings is 1. The first kappa shape index (κ1) is 10.2. The summed E-state index contributed by atoms with van der Waals surface area (Å²) in [5, 5.41) is 2.71. The lowest BCUT2D eigenvalue weighted by molar-refractivity contribution is -0.133. The molecular weight excluding hydrogens is 206 g/mol. The van der Waals surface area contributed by atoms with Crippen LogP contribution in [0.3, 0.4) is 0 Å². The molecule has 1 aromatic carbocycles. The standard InChI is InChI=1S/C12H9NO3/c1-16-11(14)5-3-8-2-4-9-7-13-12(15)10(9)6-8/h2,4,6H,7H2,1H3,(H,13,15). The molecule has 1 aliphatic heterocycles. The van der Waals surface area contributed by atoms with Crippen LogP contribution in [0.15, 0.2) is 18.2 Å². The Labute approximate surface area is 92.6 Å². The lowest BCUT2D eigenvalue weighted by atomic mass is 10.1. The fourth-order valence-electron chi connectivity index (χ4n) is 1.46. The average molecular weight is 215 g/mol. The normalized spacial score (nSPS) is 12.2. The van der Waals surface area contributed by atoms with Crippen LogP contribution < -0.4 is 5.32 Å². The molecule has 1 N–H and O–H groups in total. The number of rotatable bonds is 0. The van der Waals surface area contributed by atoms with Crippen molar-refractivity contribution in [1.29, 1.82) is 0 Å². The predicted octanol–water partition coefficient (Wildman–Crippen LogP) is 0.455. The Bertz CT molecular complexity index is 523. The zero-order valence-corrected chi connectivity index (χ0v) is 8.66. The number of amides is 1. The van der Waals surface area contributed by atoms with Gasteiger partial charge in [0.05, 0.1) is 7.11 Å². The van der Waals surface area contributed by atoms with Crippen molar-refractivity contribution in [2.24, 2.45) is 0 Å². The first-order chi connectivity index (χ1) is 7.70. The van der Waals surface area contributed by atoms with Gasteiger partial charge in [0, 0.05) is 23.6 Å². The van der Waals surface area contributed by atoms with Crippen LogP contribution in [-0.4, -0.2) is 19.0 Å². The Hall–Kier alpha value is -2.28. The van der Waals surface area contributed by atoms with Crippen LogP contribution in [0.4, 0.5) is 0 Å². The largest absolute Gasteiger partial charge is 0.459 e. The fraction of sp³-hybridized carbons (Fsp3) is 0.167. The number of carbonyl (C=O) groups is 2. The lowest BCUT2D eigenvalue weighted by Gasteiger charge is -1.95. The molecule has 0 saturated heterocycles. The van der Waals surface area contributed by atoms with Crippen molar-refractivity contribution >= 4 is 11.9 Å². The van der Waals surface area contributed by atoms with Gasteiger partial charge in [0.2, 0.25) is 0 Å². The van der Waals surface area contributed by atoms with Crippen molar-refractivity contribution in [3.63, 3.8) is 0 Å². The summed E-state index contributed by atoms with van der Waals surface area (Å²) in [5.74, 6) is 4.26. The number of carbonyl (C=O) groups excluding carboxylic acids is 2. The number of nitrogens with one attached hydrogen (secondary N) is 1. The molecule has 0 radical (unpaired) electrons. The Morgan fingerprint density at radius 1 is 1.50 bits per heavy atom. The summed E-state index contributed by atoms with van der Waals surface area (Å²) in [7, 11) is 1.27. The monoisotopic (exact) mass is 215 g/mol. The van der Waals surface area contributed by atoms with Crippen LogP contribution in [0.5, 0.6) is 0 Å². The number of hydrogen-bond acceptors (Lipinski definition) is 3. The summed E-state index contributed by atoms with van der Waals surface area (Å²) in [6.07, 6.45) is 0. The van der Waals surface area contributed by atoms with Gasteiger partial charge < -0.3 is 10.1 Å². The van der Waals surface area contributed by atoms with Crippen LogP contribution in [0.25, 0.3) is 0 Å². The van der Waals surface area contributed by atoms with Gasteiger partial charge in [-0.25, -0.2) is 4.79 Å². The molecule has 1 heterocycles. The van der Waals surface area contributed by atoms with E-state index in [1.165, 1.54) is 7.11 Å². The molecule has 0 bridgehead atoms.